The first-order chi connectivity index (χ1) is 14.2. The second kappa shape index (κ2) is 9.90. The first-order valence-electron chi connectivity index (χ1n) is 8.97. The molecule has 3 rings (SSSR count). The highest BCUT2D eigenvalue weighted by molar-refractivity contribution is 5.97. The maximum atomic E-state index is 12.2. The summed E-state index contributed by atoms with van der Waals surface area (Å²) in [6.07, 6.45) is 1.38. The van der Waals surface area contributed by atoms with Crippen LogP contribution in [-0.2, 0) is 11.3 Å². The van der Waals surface area contributed by atoms with Gasteiger partial charge >= 0.3 is 0 Å². The minimum atomic E-state index is -0.464. The molecule has 0 spiro atoms. The number of ether oxygens (including phenoxy) is 4. The number of benzene rings is 2. The smallest absolute Gasteiger partial charge is 0.263 e. The lowest BCUT2D eigenvalue weighted by atomic mass is 10.2. The van der Waals surface area contributed by atoms with Gasteiger partial charge in [-0.05, 0) is 42.0 Å². The molecule has 29 heavy (non-hydrogen) atoms. The number of hydrogen-bond donors (Lipinski definition) is 2. The Labute approximate surface area is 168 Å². The van der Waals surface area contributed by atoms with Gasteiger partial charge in [0.05, 0.1) is 7.11 Å². The largest absolute Gasteiger partial charge is 0.497 e. The van der Waals surface area contributed by atoms with Crippen molar-refractivity contribution in [2.45, 2.75) is 6.54 Å². The Balaban J connectivity index is 1.41. The monoisotopic (exact) mass is 395 g/mol. The van der Waals surface area contributed by atoms with Gasteiger partial charge in [0.25, 0.3) is 5.91 Å². The standard InChI is InChI=1S/C21H21N3O5/c1-26-17-3-5-18(6-4-17)27-9-8-23-13-16(11-22)21(25)24-12-15-2-7-19-20(10-15)29-14-28-19/h2-7,10,13,23H,8-9,12,14H2,1H3,(H,24,25)/b16-13-. The number of nitrogens with zero attached hydrogens (tertiary/aromatic N) is 1. The van der Waals surface area contributed by atoms with Crippen LogP contribution in [0.5, 0.6) is 23.0 Å². The molecule has 0 fully saturated rings. The molecule has 1 aliphatic rings. The maximum absolute atomic E-state index is 12.2. The molecule has 0 atom stereocenters. The molecule has 0 unspecified atom stereocenters. The van der Waals surface area contributed by atoms with E-state index in [1.54, 1.807) is 43.5 Å². The van der Waals surface area contributed by atoms with Gasteiger partial charge in [-0.3, -0.25) is 4.79 Å². The van der Waals surface area contributed by atoms with Crippen LogP contribution in [0.2, 0.25) is 0 Å². The van der Waals surface area contributed by atoms with Crippen molar-refractivity contribution in [2.75, 3.05) is 27.1 Å². The fraction of sp³-hybridized carbons (Fsp3) is 0.238. The summed E-state index contributed by atoms with van der Waals surface area (Å²) in [5.41, 5.74) is 0.830. The molecular formula is C21H21N3O5. The van der Waals surface area contributed by atoms with Crippen molar-refractivity contribution in [1.82, 2.24) is 10.6 Å². The van der Waals surface area contributed by atoms with Crippen LogP contribution in [0, 0.1) is 11.3 Å². The van der Waals surface area contributed by atoms with E-state index in [0.717, 1.165) is 11.3 Å². The topological polar surface area (TPSA) is 102 Å². The third-order valence-electron chi connectivity index (χ3n) is 4.08. The van der Waals surface area contributed by atoms with Gasteiger partial charge in [-0.25, -0.2) is 0 Å². The lowest BCUT2D eigenvalue weighted by Crippen LogP contribution is -2.26. The van der Waals surface area contributed by atoms with Gasteiger partial charge in [-0.1, -0.05) is 6.07 Å². The summed E-state index contributed by atoms with van der Waals surface area (Å²) < 4.78 is 21.2. The zero-order valence-electron chi connectivity index (χ0n) is 15.9. The quantitative estimate of drug-likeness (QED) is 0.381. The zero-order chi connectivity index (χ0) is 20.5. The van der Waals surface area contributed by atoms with Crippen molar-refractivity contribution in [2.24, 2.45) is 0 Å². The van der Waals surface area contributed by atoms with E-state index in [0.29, 0.717) is 30.4 Å². The molecule has 0 aliphatic carbocycles. The third kappa shape index (κ3) is 5.56. The van der Waals surface area contributed by atoms with Gasteiger partial charge in [0.1, 0.15) is 29.7 Å². The lowest BCUT2D eigenvalue weighted by Gasteiger charge is -2.08. The van der Waals surface area contributed by atoms with Crippen LogP contribution in [0.15, 0.2) is 54.2 Å². The number of rotatable bonds is 9. The van der Waals surface area contributed by atoms with Crippen LogP contribution < -0.4 is 29.6 Å². The second-order valence-electron chi connectivity index (χ2n) is 6.02. The van der Waals surface area contributed by atoms with E-state index in [2.05, 4.69) is 10.6 Å². The van der Waals surface area contributed by atoms with Gasteiger partial charge in [0, 0.05) is 19.3 Å². The summed E-state index contributed by atoms with van der Waals surface area (Å²) in [5.74, 6) is 2.32. The van der Waals surface area contributed by atoms with Gasteiger partial charge < -0.3 is 29.6 Å². The van der Waals surface area contributed by atoms with Crippen LogP contribution in [0.4, 0.5) is 0 Å². The Bertz CT molecular complexity index is 919. The summed E-state index contributed by atoms with van der Waals surface area (Å²) in [6, 6.07) is 14.5. The van der Waals surface area contributed by atoms with Gasteiger partial charge in [0.15, 0.2) is 11.5 Å². The summed E-state index contributed by atoms with van der Waals surface area (Å²) in [7, 11) is 1.60. The number of methoxy groups -OCH3 is 1. The highest BCUT2D eigenvalue weighted by Gasteiger charge is 2.14. The fourth-order valence-corrected chi connectivity index (χ4v) is 2.55. The summed E-state index contributed by atoms with van der Waals surface area (Å²) in [6.45, 7) is 1.28. The van der Waals surface area contributed by atoms with Crippen molar-refractivity contribution in [1.29, 1.82) is 5.26 Å². The molecule has 150 valence electrons. The maximum Gasteiger partial charge on any atom is 0.263 e. The zero-order valence-corrected chi connectivity index (χ0v) is 15.9. The van der Waals surface area contributed by atoms with Crippen LogP contribution in [0.1, 0.15) is 5.56 Å². The third-order valence-corrected chi connectivity index (χ3v) is 4.08. The molecule has 2 aromatic rings. The van der Waals surface area contributed by atoms with Crippen LogP contribution in [-0.4, -0.2) is 33.0 Å². The van der Waals surface area contributed by atoms with Crippen molar-refractivity contribution in [3.8, 4) is 29.1 Å². The average molecular weight is 395 g/mol. The number of fused-ring (bicyclic) bond motifs is 1. The van der Waals surface area contributed by atoms with E-state index >= 15 is 0 Å². The molecule has 8 heteroatoms. The molecule has 1 amide bonds. The van der Waals surface area contributed by atoms with E-state index in [4.69, 9.17) is 18.9 Å². The first kappa shape index (κ1) is 19.9. The predicted octanol–water partition coefficient (Wildman–Crippen LogP) is 2.12. The number of hydrogen-bond acceptors (Lipinski definition) is 7. The molecule has 1 heterocycles. The highest BCUT2D eigenvalue weighted by atomic mass is 16.7. The van der Waals surface area contributed by atoms with E-state index in [9.17, 15) is 10.1 Å². The van der Waals surface area contributed by atoms with Crippen molar-refractivity contribution >= 4 is 5.91 Å². The molecule has 0 saturated carbocycles. The average Bonchev–Trinajstić information content (AvgIpc) is 3.23. The predicted molar refractivity (Wildman–Crippen MR) is 105 cm³/mol. The number of nitrogens with one attached hydrogen (secondary N) is 2. The normalized spacial score (nSPS) is 12.1. The molecule has 0 aromatic heterocycles. The van der Waals surface area contributed by atoms with Gasteiger partial charge in [-0.15, -0.1) is 0 Å². The summed E-state index contributed by atoms with van der Waals surface area (Å²) in [5, 5.41) is 14.8. The Hall–Kier alpha value is -3.86. The molecular weight excluding hydrogens is 374 g/mol. The first-order valence-corrected chi connectivity index (χ1v) is 8.97. The van der Waals surface area contributed by atoms with Crippen molar-refractivity contribution in [3.05, 3.63) is 59.8 Å². The molecule has 1 aliphatic heterocycles. The lowest BCUT2D eigenvalue weighted by molar-refractivity contribution is -0.117. The second-order valence-corrected chi connectivity index (χ2v) is 6.02. The SMILES string of the molecule is COc1ccc(OCCN/C=C(/C#N)C(=O)NCc2ccc3c(c2)OCO3)cc1. The Morgan fingerprint density at radius 3 is 2.69 bits per heavy atom. The minimum absolute atomic E-state index is 0.0183. The number of amides is 1. The van der Waals surface area contributed by atoms with Gasteiger partial charge in [-0.2, -0.15) is 5.26 Å². The molecule has 0 bridgehead atoms. The van der Waals surface area contributed by atoms with Crippen molar-refractivity contribution < 1.29 is 23.7 Å². The number of carbonyl (C=O) groups excluding carboxylic acids is 1. The minimum Gasteiger partial charge on any atom is -0.497 e. The molecule has 8 nitrogen and oxygen atoms in total. The Morgan fingerprint density at radius 1 is 1.17 bits per heavy atom. The molecule has 2 aromatic carbocycles. The Kier molecular flexibility index (Phi) is 6.79. The fourth-order valence-electron chi connectivity index (χ4n) is 2.55. The number of carbonyl (C=O) groups is 1. The summed E-state index contributed by atoms with van der Waals surface area (Å²) in [4.78, 5) is 12.2. The van der Waals surface area contributed by atoms with E-state index in [1.165, 1.54) is 6.20 Å². The van der Waals surface area contributed by atoms with E-state index in [-0.39, 0.29) is 18.9 Å². The molecule has 0 radical (unpaired) electrons. The van der Waals surface area contributed by atoms with Crippen molar-refractivity contribution in [3.63, 3.8) is 0 Å². The molecule has 2 N–H and O–H groups in total. The van der Waals surface area contributed by atoms with Crippen LogP contribution in [0.25, 0.3) is 0 Å². The Morgan fingerprint density at radius 2 is 1.93 bits per heavy atom. The van der Waals surface area contributed by atoms with E-state index < -0.39 is 5.91 Å². The summed E-state index contributed by atoms with van der Waals surface area (Å²) >= 11 is 0. The highest BCUT2D eigenvalue weighted by Crippen LogP contribution is 2.32. The van der Waals surface area contributed by atoms with Gasteiger partial charge in [0.2, 0.25) is 6.79 Å². The van der Waals surface area contributed by atoms with E-state index in [1.807, 2.05) is 12.1 Å². The molecule has 0 saturated heterocycles. The van der Waals surface area contributed by atoms with Crippen LogP contribution in [0.3, 0.4) is 0 Å². The number of nitriles is 1. The van der Waals surface area contributed by atoms with Crippen LogP contribution >= 0.6 is 0 Å².